The van der Waals surface area contributed by atoms with E-state index in [2.05, 4.69) is 20.7 Å². The van der Waals surface area contributed by atoms with E-state index in [1.165, 1.54) is 0 Å². The van der Waals surface area contributed by atoms with E-state index in [9.17, 15) is 14.3 Å². The number of ether oxygens (including phenoxy) is 1. The first-order valence-electron chi connectivity index (χ1n) is 4.55. The molecule has 0 bridgehead atoms. The van der Waals surface area contributed by atoms with E-state index in [4.69, 9.17) is 0 Å². The number of carbonyl (C=O) groups excluding carboxylic acids is 1. The Labute approximate surface area is 91.8 Å². The molecular formula is C9H16BrFO3. The van der Waals surface area contributed by atoms with Crippen molar-refractivity contribution in [1.82, 2.24) is 0 Å². The number of aliphatic hydroxyl groups excluding tert-OH is 1. The van der Waals surface area contributed by atoms with E-state index < -0.39 is 16.7 Å². The van der Waals surface area contributed by atoms with Gasteiger partial charge in [-0.25, -0.2) is 9.18 Å². The Morgan fingerprint density at radius 3 is 2.50 bits per heavy atom. The minimum atomic E-state index is -2.49. The van der Waals surface area contributed by atoms with Crippen molar-refractivity contribution in [1.29, 1.82) is 0 Å². The van der Waals surface area contributed by atoms with E-state index in [0.717, 1.165) is 0 Å². The topological polar surface area (TPSA) is 46.5 Å². The van der Waals surface area contributed by atoms with Gasteiger partial charge in [0, 0.05) is 0 Å². The van der Waals surface area contributed by atoms with E-state index in [1.54, 1.807) is 6.92 Å². The summed E-state index contributed by atoms with van der Waals surface area (Å²) in [6.45, 7) is 5.33. The molecule has 0 aliphatic heterocycles. The molecule has 0 saturated heterocycles. The largest absolute Gasteiger partial charge is 0.463 e. The third-order valence-corrected chi connectivity index (χ3v) is 2.51. The van der Waals surface area contributed by atoms with Crippen LogP contribution >= 0.6 is 15.9 Å². The SMILES string of the molecule is CCOC(=O)[C@@](F)(Br)[C@H](O)CC(C)C. The van der Waals surface area contributed by atoms with Crippen molar-refractivity contribution in [2.45, 2.75) is 37.9 Å². The highest BCUT2D eigenvalue weighted by atomic mass is 79.9. The number of alkyl halides is 2. The van der Waals surface area contributed by atoms with Gasteiger partial charge in [-0.1, -0.05) is 13.8 Å². The monoisotopic (exact) mass is 270 g/mol. The van der Waals surface area contributed by atoms with E-state index in [0.29, 0.717) is 0 Å². The number of hydrogen-bond acceptors (Lipinski definition) is 3. The Bertz CT molecular complexity index is 194. The standard InChI is InChI=1S/C9H16BrFO3/c1-4-14-8(13)9(10,11)7(12)5-6(2)3/h6-7,12H,4-5H2,1-3H3/t7-,9-/m1/s1. The summed E-state index contributed by atoms with van der Waals surface area (Å²) in [6.07, 6.45) is -1.19. The molecule has 14 heavy (non-hydrogen) atoms. The van der Waals surface area contributed by atoms with Crippen LogP contribution < -0.4 is 0 Å². The van der Waals surface area contributed by atoms with Gasteiger partial charge in [-0.2, -0.15) is 0 Å². The smallest absolute Gasteiger partial charge is 0.357 e. The summed E-state index contributed by atoms with van der Waals surface area (Å²) >= 11 is 2.55. The maximum Gasteiger partial charge on any atom is 0.357 e. The Hall–Kier alpha value is -0.160. The molecule has 0 fully saturated rings. The van der Waals surface area contributed by atoms with Crippen LogP contribution in [0, 0.1) is 5.92 Å². The first-order chi connectivity index (χ1) is 6.32. The zero-order valence-corrected chi connectivity index (χ0v) is 10.2. The van der Waals surface area contributed by atoms with Gasteiger partial charge in [0.2, 0.25) is 0 Å². The average Bonchev–Trinajstić information content (AvgIpc) is 2.03. The molecule has 0 rings (SSSR count). The highest BCUT2D eigenvalue weighted by Crippen LogP contribution is 2.29. The van der Waals surface area contributed by atoms with E-state index >= 15 is 0 Å². The summed E-state index contributed by atoms with van der Waals surface area (Å²) in [4.78, 5) is 11.1. The van der Waals surface area contributed by atoms with Gasteiger partial charge < -0.3 is 9.84 Å². The second-order valence-electron chi connectivity index (χ2n) is 3.49. The van der Waals surface area contributed by atoms with Gasteiger partial charge in [0.25, 0.3) is 4.58 Å². The number of hydrogen-bond donors (Lipinski definition) is 1. The van der Waals surface area contributed by atoms with Gasteiger partial charge >= 0.3 is 5.97 Å². The van der Waals surface area contributed by atoms with Crippen molar-refractivity contribution >= 4 is 21.9 Å². The minimum absolute atomic E-state index is 0.0878. The van der Waals surface area contributed by atoms with Gasteiger partial charge in [-0.3, -0.25) is 0 Å². The lowest BCUT2D eigenvalue weighted by atomic mass is 10.0. The molecule has 0 aliphatic rings. The predicted molar refractivity (Wildman–Crippen MR) is 54.9 cm³/mol. The molecule has 3 nitrogen and oxygen atoms in total. The van der Waals surface area contributed by atoms with Crippen LogP contribution in [0.3, 0.4) is 0 Å². The zero-order chi connectivity index (χ0) is 11.4. The maximum absolute atomic E-state index is 13.6. The van der Waals surface area contributed by atoms with Crippen molar-refractivity contribution in [3.8, 4) is 0 Å². The number of aliphatic hydroxyl groups is 1. The molecule has 0 heterocycles. The van der Waals surface area contributed by atoms with Crippen molar-refractivity contribution in [3.63, 3.8) is 0 Å². The number of carbonyl (C=O) groups is 1. The fraction of sp³-hybridized carbons (Fsp3) is 0.889. The molecule has 0 aromatic carbocycles. The Morgan fingerprint density at radius 2 is 2.14 bits per heavy atom. The highest BCUT2D eigenvalue weighted by molar-refractivity contribution is 9.10. The van der Waals surface area contributed by atoms with Gasteiger partial charge in [0.15, 0.2) is 0 Å². The summed E-state index contributed by atoms with van der Waals surface area (Å²) in [7, 11) is 0. The minimum Gasteiger partial charge on any atom is -0.463 e. The third kappa shape index (κ3) is 3.92. The van der Waals surface area contributed by atoms with Crippen molar-refractivity contribution in [2.75, 3.05) is 6.61 Å². The zero-order valence-electron chi connectivity index (χ0n) is 8.59. The summed E-state index contributed by atoms with van der Waals surface area (Å²) in [6, 6.07) is 0. The predicted octanol–water partition coefficient (Wildman–Crippen LogP) is 2.02. The molecule has 84 valence electrons. The molecule has 5 heteroatoms. The Balaban J connectivity index is 4.35. The normalized spacial score (nSPS) is 17.6. The highest BCUT2D eigenvalue weighted by Gasteiger charge is 2.44. The third-order valence-electron chi connectivity index (χ3n) is 1.66. The van der Waals surface area contributed by atoms with Crippen molar-refractivity contribution in [2.24, 2.45) is 5.92 Å². The number of esters is 1. The van der Waals surface area contributed by atoms with Gasteiger partial charge in [-0.05, 0) is 35.2 Å². The summed E-state index contributed by atoms with van der Waals surface area (Å²) in [5.41, 5.74) is 0. The van der Waals surface area contributed by atoms with E-state index in [-0.39, 0.29) is 18.9 Å². The second-order valence-corrected chi connectivity index (χ2v) is 4.64. The molecular weight excluding hydrogens is 255 g/mol. The summed E-state index contributed by atoms with van der Waals surface area (Å²) in [5, 5.41) is 9.42. The molecule has 0 aliphatic carbocycles. The maximum atomic E-state index is 13.6. The molecule has 0 radical (unpaired) electrons. The lowest BCUT2D eigenvalue weighted by Crippen LogP contribution is -2.41. The van der Waals surface area contributed by atoms with Crippen molar-refractivity contribution < 1.29 is 19.0 Å². The van der Waals surface area contributed by atoms with Gasteiger partial charge in [0.1, 0.15) is 6.10 Å². The molecule has 0 amide bonds. The molecule has 0 unspecified atom stereocenters. The van der Waals surface area contributed by atoms with Crippen LogP contribution in [0.5, 0.6) is 0 Å². The number of halogens is 2. The summed E-state index contributed by atoms with van der Waals surface area (Å²) < 4.78 is 15.6. The first-order valence-corrected chi connectivity index (χ1v) is 5.34. The molecule has 0 spiro atoms. The van der Waals surface area contributed by atoms with Crippen LogP contribution in [-0.4, -0.2) is 28.4 Å². The molecule has 0 saturated carbocycles. The average molecular weight is 271 g/mol. The summed E-state index contributed by atoms with van der Waals surface area (Å²) in [5.74, 6) is -0.972. The van der Waals surface area contributed by atoms with Crippen LogP contribution in [0.1, 0.15) is 27.2 Å². The lowest BCUT2D eigenvalue weighted by molar-refractivity contribution is -0.156. The van der Waals surface area contributed by atoms with E-state index in [1.807, 2.05) is 13.8 Å². The van der Waals surface area contributed by atoms with Gasteiger partial charge in [-0.15, -0.1) is 0 Å². The Morgan fingerprint density at radius 1 is 1.64 bits per heavy atom. The van der Waals surface area contributed by atoms with Crippen LogP contribution in [0.25, 0.3) is 0 Å². The van der Waals surface area contributed by atoms with Crippen LogP contribution in [-0.2, 0) is 9.53 Å². The molecule has 0 aromatic heterocycles. The fourth-order valence-electron chi connectivity index (χ4n) is 0.958. The first kappa shape index (κ1) is 13.8. The van der Waals surface area contributed by atoms with Crippen LogP contribution in [0.2, 0.25) is 0 Å². The van der Waals surface area contributed by atoms with Crippen LogP contribution in [0.4, 0.5) is 4.39 Å². The molecule has 2 atom stereocenters. The quantitative estimate of drug-likeness (QED) is 0.614. The number of rotatable bonds is 5. The second kappa shape index (κ2) is 5.66. The lowest BCUT2D eigenvalue weighted by Gasteiger charge is -2.23. The molecule has 0 aromatic rings. The Kier molecular flexibility index (Phi) is 5.59. The van der Waals surface area contributed by atoms with Gasteiger partial charge in [0.05, 0.1) is 6.61 Å². The molecule has 1 N–H and O–H groups in total. The van der Waals surface area contributed by atoms with Crippen molar-refractivity contribution in [3.05, 3.63) is 0 Å². The fourth-order valence-corrected chi connectivity index (χ4v) is 1.26. The van der Waals surface area contributed by atoms with Crippen LogP contribution in [0.15, 0.2) is 0 Å².